The van der Waals surface area contributed by atoms with E-state index in [1.807, 2.05) is 19.0 Å². The second-order valence-electron chi connectivity index (χ2n) is 5.58. The van der Waals surface area contributed by atoms with Gasteiger partial charge in [-0.1, -0.05) is 13.8 Å². The Bertz CT molecular complexity index is 517. The van der Waals surface area contributed by atoms with Crippen LogP contribution >= 0.6 is 12.2 Å². The third-order valence-electron chi connectivity index (χ3n) is 4.74. The van der Waals surface area contributed by atoms with Gasteiger partial charge in [0.05, 0.1) is 16.3 Å². The molecular weight excluding hydrogens is 258 g/mol. The summed E-state index contributed by atoms with van der Waals surface area (Å²) in [5, 5.41) is 1.89. The number of hydrogen-bond acceptors (Lipinski definition) is 4. The third kappa shape index (κ3) is 1.70. The van der Waals surface area contributed by atoms with Gasteiger partial charge in [-0.25, -0.2) is 8.42 Å². The van der Waals surface area contributed by atoms with Crippen LogP contribution in [0.2, 0.25) is 0 Å². The zero-order valence-electron chi connectivity index (χ0n) is 9.89. The number of rotatable bonds is 3. The van der Waals surface area contributed by atoms with E-state index in [0.29, 0.717) is 18.8 Å². The van der Waals surface area contributed by atoms with Gasteiger partial charge in [-0.05, 0) is 36.4 Å². The average molecular weight is 273 g/mol. The lowest BCUT2D eigenvalue weighted by Gasteiger charge is -2.35. The van der Waals surface area contributed by atoms with Crippen LogP contribution in [0.1, 0.15) is 33.1 Å². The number of hydrogen-bond donors (Lipinski definition) is 0. The van der Waals surface area contributed by atoms with Crippen LogP contribution in [-0.2, 0) is 14.8 Å². The first-order valence-electron chi connectivity index (χ1n) is 5.60. The lowest BCUT2D eigenvalue weighted by atomic mass is 9.70. The first-order valence-corrected chi connectivity index (χ1v) is 7.62. The number of sulfonamides is 1. The van der Waals surface area contributed by atoms with Crippen LogP contribution in [-0.4, -0.2) is 25.1 Å². The molecule has 0 aromatic rings. The summed E-state index contributed by atoms with van der Waals surface area (Å²) in [6.45, 7) is 3.98. The third-order valence-corrected chi connectivity index (χ3v) is 6.18. The summed E-state index contributed by atoms with van der Waals surface area (Å²) in [5.41, 5.74) is -1.01. The molecule has 2 saturated carbocycles. The highest BCUT2D eigenvalue weighted by Gasteiger charge is 2.65. The molecule has 0 N–H and O–H groups in total. The van der Waals surface area contributed by atoms with E-state index in [4.69, 9.17) is 0 Å². The molecule has 6 heteroatoms. The van der Waals surface area contributed by atoms with Crippen LogP contribution in [0, 0.1) is 16.7 Å². The summed E-state index contributed by atoms with van der Waals surface area (Å²) in [6.07, 6.45) is 2.08. The topological polar surface area (TPSA) is 63.6 Å². The van der Waals surface area contributed by atoms with Gasteiger partial charge in [-0.3, -0.25) is 4.79 Å². The van der Waals surface area contributed by atoms with Crippen LogP contribution in [0.5, 0.6) is 0 Å². The summed E-state index contributed by atoms with van der Waals surface area (Å²) < 4.78 is 26.7. The number of thiocarbonyl (C=S) groups is 1. The van der Waals surface area contributed by atoms with Crippen molar-refractivity contribution in [2.24, 2.45) is 21.1 Å². The number of fused-ring (bicyclic) bond motifs is 2. The van der Waals surface area contributed by atoms with Crippen molar-refractivity contribution in [3.8, 4) is 0 Å². The Morgan fingerprint density at radius 3 is 2.59 bits per heavy atom. The zero-order valence-corrected chi connectivity index (χ0v) is 11.5. The minimum atomic E-state index is -3.67. The van der Waals surface area contributed by atoms with E-state index in [1.165, 1.54) is 0 Å². The quantitative estimate of drug-likeness (QED) is 0.581. The van der Waals surface area contributed by atoms with Gasteiger partial charge >= 0.3 is 0 Å². The zero-order chi connectivity index (χ0) is 12.9. The molecule has 2 bridgehead atoms. The van der Waals surface area contributed by atoms with Gasteiger partial charge in [0.15, 0.2) is 0 Å². The monoisotopic (exact) mass is 273 g/mol. The lowest BCUT2D eigenvalue weighted by Crippen LogP contribution is -2.41. The van der Waals surface area contributed by atoms with E-state index in [1.54, 1.807) is 0 Å². The molecule has 2 unspecified atom stereocenters. The van der Waals surface area contributed by atoms with E-state index in [2.05, 4.69) is 16.6 Å². The van der Waals surface area contributed by atoms with Crippen molar-refractivity contribution >= 4 is 33.2 Å². The Kier molecular flexibility index (Phi) is 2.80. The maximum Gasteiger partial charge on any atom is 0.262 e. The van der Waals surface area contributed by atoms with Crippen LogP contribution in [0.3, 0.4) is 0 Å². The molecule has 0 radical (unpaired) electrons. The van der Waals surface area contributed by atoms with Crippen molar-refractivity contribution in [2.75, 3.05) is 5.75 Å². The number of ketones is 1. The van der Waals surface area contributed by atoms with Crippen molar-refractivity contribution in [3.05, 3.63) is 0 Å². The first kappa shape index (κ1) is 12.9. The van der Waals surface area contributed by atoms with Crippen LogP contribution in [0.25, 0.3) is 0 Å². The lowest BCUT2D eigenvalue weighted by molar-refractivity contribution is -0.128. The smallest absolute Gasteiger partial charge is 0.262 e. The Hall–Kier alpha value is -0.580. The van der Waals surface area contributed by atoms with Crippen molar-refractivity contribution in [2.45, 2.75) is 33.1 Å². The van der Waals surface area contributed by atoms with Gasteiger partial charge in [0.25, 0.3) is 10.0 Å². The van der Waals surface area contributed by atoms with Gasteiger partial charge in [0.2, 0.25) is 0 Å². The van der Waals surface area contributed by atoms with E-state index in [9.17, 15) is 13.2 Å². The Morgan fingerprint density at radius 1 is 1.53 bits per heavy atom. The minimum Gasteiger partial charge on any atom is -0.299 e. The molecule has 0 aliphatic heterocycles. The van der Waals surface area contributed by atoms with Crippen LogP contribution < -0.4 is 0 Å². The van der Waals surface area contributed by atoms with E-state index < -0.39 is 15.4 Å². The maximum atomic E-state index is 12.1. The summed E-state index contributed by atoms with van der Waals surface area (Å²) >= 11 is 4.33. The van der Waals surface area contributed by atoms with Gasteiger partial charge in [-0.2, -0.15) is 0 Å². The summed E-state index contributed by atoms with van der Waals surface area (Å²) in [4.78, 5) is 12.1. The van der Waals surface area contributed by atoms with Gasteiger partial charge in [0, 0.05) is 6.42 Å². The Morgan fingerprint density at radius 2 is 2.18 bits per heavy atom. The van der Waals surface area contributed by atoms with Gasteiger partial charge in [0.1, 0.15) is 5.78 Å². The van der Waals surface area contributed by atoms with Crippen LogP contribution in [0.15, 0.2) is 4.40 Å². The van der Waals surface area contributed by atoms with Gasteiger partial charge in [-0.15, -0.1) is 4.40 Å². The standard InChI is InChI=1S/C11H15NO3S2/c1-10(2)8-3-4-11(10,9(13)5-8)6-17(14,15)12-7-16/h8H,3-6H2,1-2H3. The molecule has 0 heterocycles. The van der Waals surface area contributed by atoms with Gasteiger partial charge < -0.3 is 0 Å². The predicted molar refractivity (Wildman–Crippen MR) is 67.4 cm³/mol. The highest BCUT2D eigenvalue weighted by atomic mass is 32.2. The summed E-state index contributed by atoms with van der Waals surface area (Å²) in [6, 6.07) is 0. The Labute approximate surface area is 107 Å². The van der Waals surface area contributed by atoms with E-state index >= 15 is 0 Å². The second-order valence-corrected chi connectivity index (χ2v) is 7.39. The SMILES string of the molecule is CC1(C)C2CCC1(CS(=O)(=O)N=C=S)C(=O)C2. The average Bonchev–Trinajstić information content (AvgIpc) is 2.50. The Balaban J connectivity index is 2.43. The van der Waals surface area contributed by atoms with Crippen molar-refractivity contribution in [1.82, 2.24) is 0 Å². The second kappa shape index (κ2) is 3.70. The normalized spacial score (nSPS) is 34.7. The van der Waals surface area contributed by atoms with Crippen molar-refractivity contribution < 1.29 is 13.2 Å². The van der Waals surface area contributed by atoms with Crippen LogP contribution in [0.4, 0.5) is 0 Å². The molecule has 2 fully saturated rings. The molecule has 0 amide bonds. The first-order chi connectivity index (χ1) is 7.75. The fraction of sp³-hybridized carbons (Fsp3) is 0.818. The van der Waals surface area contributed by atoms with Crippen molar-refractivity contribution in [3.63, 3.8) is 0 Å². The molecule has 2 aliphatic rings. The summed E-state index contributed by atoms with van der Waals surface area (Å²) in [5.74, 6) is 0.162. The molecule has 94 valence electrons. The molecule has 0 aromatic heterocycles. The summed E-state index contributed by atoms with van der Waals surface area (Å²) in [7, 11) is -3.67. The molecule has 2 rings (SSSR count). The number of nitrogens with zero attached hydrogens (tertiary/aromatic N) is 1. The molecule has 0 saturated heterocycles. The fourth-order valence-electron chi connectivity index (χ4n) is 3.51. The highest BCUT2D eigenvalue weighted by Crippen LogP contribution is 2.64. The molecule has 2 atom stereocenters. The van der Waals surface area contributed by atoms with E-state index in [0.717, 1.165) is 6.42 Å². The molecular formula is C11H15NO3S2. The molecule has 0 spiro atoms. The number of isothiocyanates is 1. The fourth-order valence-corrected chi connectivity index (χ4v) is 5.33. The number of Topliss-reactive ketones (excluding diaryl/α,β-unsaturated/α-hetero) is 1. The molecule has 17 heavy (non-hydrogen) atoms. The largest absolute Gasteiger partial charge is 0.299 e. The van der Waals surface area contributed by atoms with Crippen molar-refractivity contribution in [1.29, 1.82) is 0 Å². The number of carbonyl (C=O) groups excluding carboxylic acids is 1. The molecule has 0 aromatic carbocycles. The molecule has 2 aliphatic carbocycles. The molecule has 4 nitrogen and oxygen atoms in total. The highest BCUT2D eigenvalue weighted by molar-refractivity contribution is 7.91. The van der Waals surface area contributed by atoms with E-state index in [-0.39, 0.29) is 17.0 Å². The maximum absolute atomic E-state index is 12.1. The minimum absolute atomic E-state index is 0.0712. The predicted octanol–water partition coefficient (Wildman–Crippen LogP) is 1.81. The number of carbonyl (C=O) groups is 1.